The van der Waals surface area contributed by atoms with Crippen molar-refractivity contribution in [3.05, 3.63) is 82.4 Å². The number of allylic oxidation sites excluding steroid dienone is 1. The first-order valence-electron chi connectivity index (χ1n) is 10.7. The van der Waals surface area contributed by atoms with Gasteiger partial charge in [0.1, 0.15) is 11.0 Å². The van der Waals surface area contributed by atoms with Crippen LogP contribution in [0.15, 0.2) is 60.0 Å². The number of carboxylic acids is 1. The van der Waals surface area contributed by atoms with Crippen molar-refractivity contribution < 1.29 is 14.7 Å². The lowest BCUT2D eigenvalue weighted by atomic mass is 9.99. The zero-order valence-electron chi connectivity index (χ0n) is 18.2. The summed E-state index contributed by atoms with van der Waals surface area (Å²) in [5.41, 5.74) is 6.15. The largest absolute Gasteiger partial charge is 0.480 e. The number of thiazole rings is 1. The number of nitrogens with zero attached hydrogens (tertiary/aromatic N) is 1. The number of rotatable bonds is 8. The summed E-state index contributed by atoms with van der Waals surface area (Å²) >= 11 is 1.49. The molecule has 0 bridgehead atoms. The Balaban J connectivity index is 1.39. The summed E-state index contributed by atoms with van der Waals surface area (Å²) < 4.78 is 0. The molecule has 1 aromatic heterocycles. The van der Waals surface area contributed by atoms with E-state index >= 15 is 0 Å². The van der Waals surface area contributed by atoms with Gasteiger partial charge >= 0.3 is 5.97 Å². The van der Waals surface area contributed by atoms with Crippen molar-refractivity contribution in [2.45, 2.75) is 45.1 Å². The van der Waals surface area contributed by atoms with Gasteiger partial charge in [-0.3, -0.25) is 4.79 Å². The average Bonchev–Trinajstić information content (AvgIpc) is 3.40. The highest BCUT2D eigenvalue weighted by molar-refractivity contribution is 7.13. The summed E-state index contributed by atoms with van der Waals surface area (Å²) in [6.45, 7) is 4.31. The number of carbonyl (C=O) groups is 2. The Labute approximate surface area is 191 Å². The maximum atomic E-state index is 12.6. The number of nitrogens with one attached hydrogen (secondary N) is 1. The fraction of sp³-hybridized carbons (Fsp3) is 0.269. The average molecular weight is 447 g/mol. The predicted molar refractivity (Wildman–Crippen MR) is 128 cm³/mol. The lowest BCUT2D eigenvalue weighted by molar-refractivity contribution is -0.141. The summed E-state index contributed by atoms with van der Waals surface area (Å²) in [4.78, 5) is 29.0. The molecule has 1 atom stereocenters. The van der Waals surface area contributed by atoms with E-state index in [1.165, 1.54) is 22.5 Å². The van der Waals surface area contributed by atoms with Crippen LogP contribution < -0.4 is 5.32 Å². The van der Waals surface area contributed by atoms with E-state index in [1.54, 1.807) is 0 Å². The van der Waals surface area contributed by atoms with Crippen molar-refractivity contribution in [1.82, 2.24) is 10.3 Å². The third-order valence-corrected chi connectivity index (χ3v) is 6.65. The molecule has 0 spiro atoms. The first kappa shape index (κ1) is 22.0. The molecule has 0 aliphatic heterocycles. The van der Waals surface area contributed by atoms with E-state index in [-0.39, 0.29) is 18.7 Å². The third kappa shape index (κ3) is 4.97. The fourth-order valence-electron chi connectivity index (χ4n) is 3.91. The van der Waals surface area contributed by atoms with Crippen LogP contribution in [0.4, 0.5) is 0 Å². The first-order valence-corrected chi connectivity index (χ1v) is 11.6. The molecule has 32 heavy (non-hydrogen) atoms. The van der Waals surface area contributed by atoms with Crippen molar-refractivity contribution in [3.8, 4) is 10.6 Å². The smallest absolute Gasteiger partial charge is 0.326 e. The molecule has 4 rings (SSSR count). The van der Waals surface area contributed by atoms with E-state index in [1.807, 2.05) is 47.9 Å². The lowest BCUT2D eigenvalue weighted by Crippen LogP contribution is -2.41. The van der Waals surface area contributed by atoms with Crippen LogP contribution in [0.3, 0.4) is 0 Å². The van der Waals surface area contributed by atoms with Crippen LogP contribution in [0.5, 0.6) is 0 Å². The van der Waals surface area contributed by atoms with Gasteiger partial charge in [-0.15, -0.1) is 11.3 Å². The molecule has 1 aliphatic carbocycles. The summed E-state index contributed by atoms with van der Waals surface area (Å²) in [6, 6.07) is 15.3. The zero-order valence-corrected chi connectivity index (χ0v) is 19.0. The normalized spacial score (nSPS) is 13.5. The molecule has 2 aromatic carbocycles. The summed E-state index contributed by atoms with van der Waals surface area (Å²) in [7, 11) is 0. The van der Waals surface area contributed by atoms with Gasteiger partial charge in [-0.2, -0.15) is 0 Å². The van der Waals surface area contributed by atoms with Crippen LogP contribution in [0.25, 0.3) is 16.1 Å². The Morgan fingerprint density at radius 3 is 2.59 bits per heavy atom. The molecule has 5 nitrogen and oxygen atoms in total. The monoisotopic (exact) mass is 446 g/mol. The van der Waals surface area contributed by atoms with E-state index in [0.717, 1.165) is 28.1 Å². The van der Waals surface area contributed by atoms with Gasteiger partial charge in [0.2, 0.25) is 5.91 Å². The second kappa shape index (κ2) is 9.49. The number of amides is 1. The van der Waals surface area contributed by atoms with Gasteiger partial charge in [-0.05, 0) is 34.6 Å². The maximum Gasteiger partial charge on any atom is 0.326 e. The Hall–Kier alpha value is -3.25. The number of carboxylic acid groups (broad SMARTS) is 1. The van der Waals surface area contributed by atoms with E-state index in [9.17, 15) is 14.7 Å². The van der Waals surface area contributed by atoms with Gasteiger partial charge in [-0.1, -0.05) is 68.5 Å². The highest BCUT2D eigenvalue weighted by Gasteiger charge is 2.25. The van der Waals surface area contributed by atoms with Gasteiger partial charge in [0.05, 0.1) is 12.1 Å². The van der Waals surface area contributed by atoms with Crippen molar-refractivity contribution in [3.63, 3.8) is 0 Å². The number of carbonyl (C=O) groups excluding carboxylic acids is 1. The minimum absolute atomic E-state index is 0.0555. The zero-order chi connectivity index (χ0) is 22.7. The molecule has 3 aromatic rings. The van der Waals surface area contributed by atoms with E-state index in [2.05, 4.69) is 36.3 Å². The topological polar surface area (TPSA) is 79.3 Å². The SMILES string of the molecule is CC(C)c1ccc(-c2nc(CC(=O)N[C@@H](CC3=CCc4ccccc43)C(=O)O)cs2)cc1. The van der Waals surface area contributed by atoms with Crippen LogP contribution in [0.1, 0.15) is 48.6 Å². The lowest BCUT2D eigenvalue weighted by Gasteiger charge is -2.16. The number of hydrogen-bond acceptors (Lipinski definition) is 4. The van der Waals surface area contributed by atoms with Gasteiger partial charge in [0.25, 0.3) is 0 Å². The van der Waals surface area contributed by atoms with Crippen LogP contribution in [0, 0.1) is 0 Å². The van der Waals surface area contributed by atoms with Gasteiger partial charge in [0, 0.05) is 17.4 Å². The molecular formula is C26H26N2O3S. The molecule has 0 saturated heterocycles. The molecule has 164 valence electrons. The summed E-state index contributed by atoms with van der Waals surface area (Å²) in [5, 5.41) is 15.0. The number of aromatic nitrogens is 1. The molecule has 0 unspecified atom stereocenters. The molecule has 1 heterocycles. The molecular weight excluding hydrogens is 420 g/mol. The summed E-state index contributed by atoms with van der Waals surface area (Å²) in [5.74, 6) is -0.903. The van der Waals surface area contributed by atoms with Gasteiger partial charge in [-0.25, -0.2) is 9.78 Å². The van der Waals surface area contributed by atoms with Crippen LogP contribution in [-0.4, -0.2) is 28.0 Å². The quantitative estimate of drug-likeness (QED) is 0.506. The third-order valence-electron chi connectivity index (χ3n) is 5.71. The van der Waals surface area contributed by atoms with Crippen LogP contribution >= 0.6 is 11.3 Å². The number of aliphatic carboxylic acids is 1. The van der Waals surface area contributed by atoms with Crippen molar-refractivity contribution >= 4 is 28.8 Å². The minimum Gasteiger partial charge on any atom is -0.480 e. The number of hydrogen-bond donors (Lipinski definition) is 2. The summed E-state index contributed by atoms with van der Waals surface area (Å²) in [6.07, 6.45) is 3.16. The molecule has 1 amide bonds. The molecule has 2 N–H and O–H groups in total. The fourth-order valence-corrected chi connectivity index (χ4v) is 4.74. The Bertz CT molecular complexity index is 1160. The van der Waals surface area contributed by atoms with E-state index in [4.69, 9.17) is 0 Å². The van der Waals surface area contributed by atoms with E-state index < -0.39 is 12.0 Å². The predicted octanol–water partition coefficient (Wildman–Crippen LogP) is 5.08. The Morgan fingerprint density at radius 1 is 1.12 bits per heavy atom. The molecule has 0 radical (unpaired) electrons. The van der Waals surface area contributed by atoms with Gasteiger partial charge in [0.15, 0.2) is 0 Å². The Morgan fingerprint density at radius 2 is 1.88 bits per heavy atom. The standard InChI is InChI=1S/C26H26N2O3S/c1-16(2)17-7-10-19(11-8-17)25-27-21(15-32-25)14-24(29)28-23(26(30)31)13-20-12-9-18-5-3-4-6-22(18)20/h3-8,10-12,15-16,23H,9,13-14H2,1-2H3,(H,28,29)(H,30,31)/t23-/m0/s1. The van der Waals surface area contributed by atoms with Crippen molar-refractivity contribution in [1.29, 1.82) is 0 Å². The molecule has 6 heteroatoms. The van der Waals surface area contributed by atoms with Crippen molar-refractivity contribution in [2.24, 2.45) is 0 Å². The molecule has 0 fully saturated rings. The van der Waals surface area contributed by atoms with Crippen LogP contribution in [-0.2, 0) is 22.4 Å². The van der Waals surface area contributed by atoms with Crippen molar-refractivity contribution in [2.75, 3.05) is 0 Å². The number of fused-ring (bicyclic) bond motifs is 1. The highest BCUT2D eigenvalue weighted by Crippen LogP contribution is 2.30. The number of benzene rings is 2. The molecule has 0 saturated carbocycles. The Kier molecular flexibility index (Phi) is 6.51. The first-order chi connectivity index (χ1) is 15.4. The van der Waals surface area contributed by atoms with Gasteiger partial charge < -0.3 is 10.4 Å². The van der Waals surface area contributed by atoms with E-state index in [0.29, 0.717) is 11.6 Å². The van der Waals surface area contributed by atoms with Crippen LogP contribution in [0.2, 0.25) is 0 Å². The maximum absolute atomic E-state index is 12.6. The minimum atomic E-state index is -1.03. The highest BCUT2D eigenvalue weighted by atomic mass is 32.1. The second-order valence-corrected chi connectivity index (χ2v) is 9.21. The second-order valence-electron chi connectivity index (χ2n) is 8.35. The molecule has 1 aliphatic rings.